The van der Waals surface area contributed by atoms with E-state index in [4.69, 9.17) is 4.74 Å². The molecule has 2 rings (SSSR count). The van der Waals surface area contributed by atoms with Crippen LogP contribution in [0, 0.1) is 0 Å². The molecule has 1 saturated heterocycles. The Labute approximate surface area is 154 Å². The molecule has 1 N–H and O–H groups in total. The van der Waals surface area contributed by atoms with Gasteiger partial charge in [-0.05, 0) is 18.2 Å². The summed E-state index contributed by atoms with van der Waals surface area (Å²) in [4.78, 5) is 25.4. The van der Waals surface area contributed by atoms with Gasteiger partial charge in [0.25, 0.3) is 0 Å². The molecular weight excluding hydrogens is 396 g/mol. The van der Waals surface area contributed by atoms with Gasteiger partial charge in [-0.25, -0.2) is 0 Å². The number of esters is 1. The van der Waals surface area contributed by atoms with E-state index in [-0.39, 0.29) is 17.6 Å². The second kappa shape index (κ2) is 9.90. The minimum Gasteiger partial charge on any atom is -0.468 e. The molecule has 0 unspecified atom stereocenters. The van der Waals surface area contributed by atoms with E-state index in [1.165, 1.54) is 18.9 Å². The molecule has 6 nitrogen and oxygen atoms in total. The van der Waals surface area contributed by atoms with Gasteiger partial charge in [0.15, 0.2) is 0 Å². The van der Waals surface area contributed by atoms with Crippen molar-refractivity contribution in [3.05, 3.63) is 22.7 Å². The average Bonchev–Trinajstić information content (AvgIpc) is 2.59. The first-order valence-corrected chi connectivity index (χ1v) is 9.61. The number of ether oxygens (including phenoxy) is 2. The van der Waals surface area contributed by atoms with Gasteiger partial charge in [-0.2, -0.15) is 0 Å². The van der Waals surface area contributed by atoms with Gasteiger partial charge < -0.3 is 19.7 Å². The van der Waals surface area contributed by atoms with Crippen LogP contribution in [0.3, 0.4) is 0 Å². The summed E-state index contributed by atoms with van der Waals surface area (Å²) < 4.78 is 10.9. The lowest BCUT2D eigenvalue weighted by Crippen LogP contribution is -2.36. The molecule has 1 aliphatic heterocycles. The number of carbonyl (C=O) groups excluding carboxylic acids is 2. The molecule has 0 radical (unpaired) electrons. The maximum atomic E-state index is 12.2. The highest BCUT2D eigenvalue weighted by Gasteiger charge is 2.16. The molecule has 0 saturated carbocycles. The first-order chi connectivity index (χ1) is 11.6. The van der Waals surface area contributed by atoms with Crippen molar-refractivity contribution in [2.24, 2.45) is 0 Å². The Hall–Kier alpha value is -1.25. The maximum Gasteiger partial charge on any atom is 0.315 e. The van der Waals surface area contributed by atoms with E-state index in [0.29, 0.717) is 25.4 Å². The lowest BCUT2D eigenvalue weighted by atomic mass is 10.2. The number of rotatable bonds is 7. The maximum absolute atomic E-state index is 12.2. The number of nitrogens with one attached hydrogen (secondary N) is 1. The largest absolute Gasteiger partial charge is 0.468 e. The number of nitrogens with zero attached hydrogens (tertiary/aromatic N) is 1. The van der Waals surface area contributed by atoms with Crippen molar-refractivity contribution in [2.75, 3.05) is 55.1 Å². The van der Waals surface area contributed by atoms with Gasteiger partial charge >= 0.3 is 5.97 Å². The second-order valence-electron chi connectivity index (χ2n) is 5.19. The van der Waals surface area contributed by atoms with Crippen molar-refractivity contribution < 1.29 is 19.1 Å². The average molecular weight is 417 g/mol. The number of thioether (sulfide) groups is 1. The highest BCUT2D eigenvalue weighted by Crippen LogP contribution is 2.30. The summed E-state index contributed by atoms with van der Waals surface area (Å²) in [5.41, 5.74) is 1.78. The monoisotopic (exact) mass is 416 g/mol. The van der Waals surface area contributed by atoms with Crippen molar-refractivity contribution >= 4 is 50.9 Å². The predicted molar refractivity (Wildman–Crippen MR) is 99.8 cm³/mol. The van der Waals surface area contributed by atoms with Gasteiger partial charge in [0.05, 0.1) is 37.5 Å². The third-order valence-corrected chi connectivity index (χ3v) is 4.93. The van der Waals surface area contributed by atoms with Crippen LogP contribution in [0.4, 0.5) is 11.4 Å². The molecule has 1 aromatic rings. The number of methoxy groups -OCH3 is 1. The quantitative estimate of drug-likeness (QED) is 0.543. The standard InChI is InChI=1S/C16H21BrN2O4S/c1-22-16(21)11-24-9-4-15(20)18-13-10-12(17)2-3-14(13)19-5-7-23-8-6-19/h2-3,10H,4-9,11H2,1H3,(H,18,20). The fourth-order valence-electron chi connectivity index (χ4n) is 2.28. The van der Waals surface area contributed by atoms with E-state index < -0.39 is 0 Å². The molecule has 0 bridgehead atoms. The summed E-state index contributed by atoms with van der Waals surface area (Å²) in [5, 5.41) is 2.97. The normalized spacial score (nSPS) is 14.3. The van der Waals surface area contributed by atoms with E-state index in [0.717, 1.165) is 28.9 Å². The minimum absolute atomic E-state index is 0.0695. The van der Waals surface area contributed by atoms with Crippen LogP contribution in [0.5, 0.6) is 0 Å². The fraction of sp³-hybridized carbons (Fsp3) is 0.500. The highest BCUT2D eigenvalue weighted by molar-refractivity contribution is 9.10. The molecule has 24 heavy (non-hydrogen) atoms. The smallest absolute Gasteiger partial charge is 0.315 e. The summed E-state index contributed by atoms with van der Waals surface area (Å²) in [6, 6.07) is 5.87. The van der Waals surface area contributed by atoms with Crippen LogP contribution in [0.2, 0.25) is 0 Å². The molecule has 132 valence electrons. The van der Waals surface area contributed by atoms with E-state index in [1.807, 2.05) is 18.2 Å². The van der Waals surface area contributed by atoms with Gasteiger partial charge in [-0.1, -0.05) is 15.9 Å². The number of carbonyl (C=O) groups is 2. The number of halogens is 1. The molecular formula is C16H21BrN2O4S. The van der Waals surface area contributed by atoms with Crippen LogP contribution < -0.4 is 10.2 Å². The van der Waals surface area contributed by atoms with Gasteiger partial charge in [-0.15, -0.1) is 11.8 Å². The summed E-state index contributed by atoms with van der Waals surface area (Å²) in [5.74, 6) is 0.489. The molecule has 0 aromatic heterocycles. The Morgan fingerprint density at radius 3 is 2.83 bits per heavy atom. The Morgan fingerprint density at radius 1 is 1.38 bits per heavy atom. The highest BCUT2D eigenvalue weighted by atomic mass is 79.9. The van der Waals surface area contributed by atoms with Crippen LogP contribution in [-0.4, -0.2) is 56.8 Å². The van der Waals surface area contributed by atoms with E-state index in [2.05, 4.69) is 30.9 Å². The summed E-state index contributed by atoms with van der Waals surface area (Å²) >= 11 is 4.84. The Balaban J connectivity index is 1.91. The number of hydrogen-bond acceptors (Lipinski definition) is 6. The molecule has 0 atom stereocenters. The van der Waals surface area contributed by atoms with Crippen LogP contribution in [0.25, 0.3) is 0 Å². The molecule has 1 aliphatic rings. The first-order valence-electron chi connectivity index (χ1n) is 7.67. The minimum atomic E-state index is -0.276. The molecule has 1 heterocycles. The SMILES string of the molecule is COC(=O)CSCCC(=O)Nc1cc(Br)ccc1N1CCOCC1. The zero-order chi connectivity index (χ0) is 17.4. The molecule has 0 spiro atoms. The summed E-state index contributed by atoms with van der Waals surface area (Å²) in [7, 11) is 1.36. The summed E-state index contributed by atoms with van der Waals surface area (Å²) in [6.07, 6.45) is 0.344. The third-order valence-electron chi connectivity index (χ3n) is 3.51. The van der Waals surface area contributed by atoms with E-state index in [1.54, 1.807) is 0 Å². The Morgan fingerprint density at radius 2 is 2.12 bits per heavy atom. The van der Waals surface area contributed by atoms with Crippen molar-refractivity contribution in [2.45, 2.75) is 6.42 Å². The van der Waals surface area contributed by atoms with Crippen molar-refractivity contribution in [3.8, 4) is 0 Å². The van der Waals surface area contributed by atoms with Gasteiger partial charge in [0.2, 0.25) is 5.91 Å². The van der Waals surface area contributed by atoms with Crippen molar-refractivity contribution in [1.82, 2.24) is 0 Å². The third kappa shape index (κ3) is 5.99. The van der Waals surface area contributed by atoms with Crippen molar-refractivity contribution in [3.63, 3.8) is 0 Å². The summed E-state index contributed by atoms with van der Waals surface area (Å²) in [6.45, 7) is 2.99. The van der Waals surface area contributed by atoms with E-state index in [9.17, 15) is 9.59 Å². The molecule has 1 fully saturated rings. The number of morpholine rings is 1. The topological polar surface area (TPSA) is 67.9 Å². The van der Waals surface area contributed by atoms with Crippen LogP contribution >= 0.6 is 27.7 Å². The van der Waals surface area contributed by atoms with E-state index >= 15 is 0 Å². The number of hydrogen-bond donors (Lipinski definition) is 1. The van der Waals surface area contributed by atoms with Gasteiger partial charge in [0, 0.05) is 29.7 Å². The van der Waals surface area contributed by atoms with Gasteiger partial charge in [-0.3, -0.25) is 9.59 Å². The number of anilines is 2. The zero-order valence-corrected chi connectivity index (χ0v) is 16.0. The lowest BCUT2D eigenvalue weighted by Gasteiger charge is -2.30. The van der Waals surface area contributed by atoms with Crippen LogP contribution in [0.15, 0.2) is 22.7 Å². The predicted octanol–water partition coefficient (Wildman–Crippen LogP) is 2.52. The van der Waals surface area contributed by atoms with Crippen molar-refractivity contribution in [1.29, 1.82) is 0 Å². The Kier molecular flexibility index (Phi) is 7.87. The number of benzene rings is 1. The molecule has 1 aromatic carbocycles. The lowest BCUT2D eigenvalue weighted by molar-refractivity contribution is -0.137. The van der Waals surface area contributed by atoms with Crippen LogP contribution in [-0.2, 0) is 19.1 Å². The van der Waals surface area contributed by atoms with Gasteiger partial charge in [0.1, 0.15) is 0 Å². The Bertz CT molecular complexity index is 579. The van der Waals surface area contributed by atoms with Crippen LogP contribution in [0.1, 0.15) is 6.42 Å². The molecule has 0 aliphatic carbocycles. The molecule has 8 heteroatoms. The fourth-order valence-corrected chi connectivity index (χ4v) is 3.40. The second-order valence-corrected chi connectivity index (χ2v) is 7.21. The number of amides is 1. The molecule has 1 amide bonds. The zero-order valence-electron chi connectivity index (χ0n) is 13.5. The first kappa shape index (κ1) is 19.1.